The molecule has 0 bridgehead atoms. The highest BCUT2D eigenvalue weighted by Gasteiger charge is 2.12. The van der Waals surface area contributed by atoms with Crippen LogP contribution in [0.2, 0.25) is 5.02 Å². The predicted octanol–water partition coefficient (Wildman–Crippen LogP) is 8.25. The maximum absolute atomic E-state index is 6.06. The molecular formula is C28H24BrClN2O2. The first kappa shape index (κ1) is 23.9. The fourth-order valence-electron chi connectivity index (χ4n) is 3.31. The second-order valence-corrected chi connectivity index (χ2v) is 8.69. The second kappa shape index (κ2) is 11.7. The van der Waals surface area contributed by atoms with E-state index in [0.29, 0.717) is 29.7 Å². The Bertz CT molecular complexity index is 1190. The molecule has 0 fully saturated rings. The Morgan fingerprint density at radius 2 is 1.41 bits per heavy atom. The van der Waals surface area contributed by atoms with Crippen molar-refractivity contribution in [3.8, 4) is 11.5 Å². The Morgan fingerprint density at radius 3 is 2.00 bits per heavy atom. The van der Waals surface area contributed by atoms with Gasteiger partial charge in [0.1, 0.15) is 6.61 Å². The van der Waals surface area contributed by atoms with Crippen molar-refractivity contribution in [2.45, 2.75) is 13.5 Å². The van der Waals surface area contributed by atoms with Gasteiger partial charge in [0.05, 0.1) is 24.2 Å². The van der Waals surface area contributed by atoms with E-state index in [-0.39, 0.29) is 0 Å². The monoisotopic (exact) mass is 534 g/mol. The van der Waals surface area contributed by atoms with Crippen molar-refractivity contribution in [3.05, 3.63) is 118 Å². The van der Waals surface area contributed by atoms with E-state index in [0.717, 1.165) is 27.0 Å². The van der Waals surface area contributed by atoms with Crippen LogP contribution in [-0.4, -0.2) is 12.8 Å². The highest BCUT2D eigenvalue weighted by atomic mass is 79.9. The molecule has 6 heteroatoms. The van der Waals surface area contributed by atoms with E-state index < -0.39 is 0 Å². The minimum absolute atomic E-state index is 0.410. The van der Waals surface area contributed by atoms with E-state index in [1.54, 1.807) is 0 Å². The van der Waals surface area contributed by atoms with Crippen molar-refractivity contribution in [1.29, 1.82) is 0 Å². The molecule has 4 nitrogen and oxygen atoms in total. The minimum atomic E-state index is 0.410. The zero-order chi connectivity index (χ0) is 23.8. The zero-order valence-electron chi connectivity index (χ0n) is 18.7. The molecule has 0 saturated heterocycles. The number of hydrogen-bond acceptors (Lipinski definition) is 4. The van der Waals surface area contributed by atoms with E-state index in [1.807, 2.05) is 115 Å². The Morgan fingerprint density at radius 1 is 0.824 bits per heavy atom. The maximum Gasteiger partial charge on any atom is 0.162 e. The van der Waals surface area contributed by atoms with Gasteiger partial charge in [-0.1, -0.05) is 60.1 Å². The summed E-state index contributed by atoms with van der Waals surface area (Å²) in [4.78, 5) is 0. The van der Waals surface area contributed by atoms with Gasteiger partial charge in [0, 0.05) is 15.1 Å². The van der Waals surface area contributed by atoms with E-state index in [9.17, 15) is 0 Å². The summed E-state index contributed by atoms with van der Waals surface area (Å²) in [7, 11) is 0. The van der Waals surface area contributed by atoms with E-state index in [1.165, 1.54) is 0 Å². The van der Waals surface area contributed by atoms with Gasteiger partial charge in [-0.3, -0.25) is 0 Å². The summed E-state index contributed by atoms with van der Waals surface area (Å²) < 4.78 is 12.8. The van der Waals surface area contributed by atoms with Crippen molar-refractivity contribution in [2.24, 2.45) is 5.10 Å². The van der Waals surface area contributed by atoms with Crippen LogP contribution in [0.5, 0.6) is 11.5 Å². The molecule has 0 aliphatic carbocycles. The van der Waals surface area contributed by atoms with Gasteiger partial charge in [0.15, 0.2) is 11.5 Å². The minimum Gasteiger partial charge on any atom is -0.490 e. The quantitative estimate of drug-likeness (QED) is 0.160. The van der Waals surface area contributed by atoms with Gasteiger partial charge in [-0.25, -0.2) is 5.01 Å². The third-order valence-corrected chi connectivity index (χ3v) is 5.92. The van der Waals surface area contributed by atoms with Crippen molar-refractivity contribution < 1.29 is 9.47 Å². The Labute approximate surface area is 213 Å². The highest BCUT2D eigenvalue weighted by molar-refractivity contribution is 9.10. The van der Waals surface area contributed by atoms with Gasteiger partial charge in [-0.2, -0.15) is 5.10 Å². The van der Waals surface area contributed by atoms with E-state index in [2.05, 4.69) is 15.9 Å². The summed E-state index contributed by atoms with van der Waals surface area (Å²) in [6.45, 7) is 2.88. The number of anilines is 2. The lowest BCUT2D eigenvalue weighted by Gasteiger charge is -2.19. The molecule has 4 rings (SSSR count). The number of ether oxygens (including phenoxy) is 2. The van der Waals surface area contributed by atoms with Gasteiger partial charge in [-0.05, 0) is 76.9 Å². The number of nitrogens with zero attached hydrogens (tertiary/aromatic N) is 2. The van der Waals surface area contributed by atoms with Gasteiger partial charge < -0.3 is 9.47 Å². The predicted molar refractivity (Wildman–Crippen MR) is 144 cm³/mol. The number of halogens is 2. The van der Waals surface area contributed by atoms with Crippen molar-refractivity contribution in [2.75, 3.05) is 11.6 Å². The second-order valence-electron chi connectivity index (χ2n) is 7.40. The summed E-state index contributed by atoms with van der Waals surface area (Å²) in [6, 6.07) is 31.5. The van der Waals surface area contributed by atoms with Gasteiger partial charge in [0.2, 0.25) is 0 Å². The smallest absolute Gasteiger partial charge is 0.162 e. The fraction of sp³-hybridized carbons (Fsp3) is 0.107. The maximum atomic E-state index is 6.06. The topological polar surface area (TPSA) is 34.1 Å². The van der Waals surface area contributed by atoms with Crippen LogP contribution in [0.15, 0.2) is 107 Å². The van der Waals surface area contributed by atoms with Crippen LogP contribution in [0.25, 0.3) is 0 Å². The first-order chi connectivity index (χ1) is 16.6. The molecule has 4 aromatic carbocycles. The first-order valence-electron chi connectivity index (χ1n) is 10.9. The third kappa shape index (κ3) is 6.19. The lowest BCUT2D eigenvalue weighted by Crippen LogP contribution is -2.09. The fourth-order valence-corrected chi connectivity index (χ4v) is 3.86. The molecule has 34 heavy (non-hydrogen) atoms. The zero-order valence-corrected chi connectivity index (χ0v) is 21.0. The van der Waals surface area contributed by atoms with Crippen LogP contribution in [0.3, 0.4) is 0 Å². The van der Waals surface area contributed by atoms with Crippen LogP contribution in [-0.2, 0) is 6.61 Å². The Balaban J connectivity index is 1.61. The largest absolute Gasteiger partial charge is 0.490 e. The summed E-state index contributed by atoms with van der Waals surface area (Å²) in [5, 5.41) is 7.40. The lowest BCUT2D eigenvalue weighted by atomic mass is 10.2. The van der Waals surface area contributed by atoms with Crippen LogP contribution in [0, 0.1) is 0 Å². The van der Waals surface area contributed by atoms with Gasteiger partial charge >= 0.3 is 0 Å². The number of hydrazone groups is 1. The van der Waals surface area contributed by atoms with Crippen molar-refractivity contribution in [3.63, 3.8) is 0 Å². The summed E-state index contributed by atoms with van der Waals surface area (Å²) in [6.07, 6.45) is 1.82. The molecule has 0 N–H and O–H groups in total. The number of para-hydroxylation sites is 2. The SMILES string of the molecule is CCOc1cc(/C=N\N(c2ccccc2)c2ccccc2)c(Br)cc1OCc1ccc(Cl)cc1. The summed E-state index contributed by atoms with van der Waals surface area (Å²) in [5.74, 6) is 1.32. The first-order valence-corrected chi connectivity index (χ1v) is 12.1. The van der Waals surface area contributed by atoms with Gasteiger partial charge in [-0.15, -0.1) is 0 Å². The van der Waals surface area contributed by atoms with E-state index >= 15 is 0 Å². The molecule has 0 spiro atoms. The standard InChI is InChI=1S/C28H24BrClN2O2/c1-2-33-27-17-22(26(29)18-28(27)34-20-21-13-15-23(30)16-14-21)19-31-32(24-9-5-3-6-10-24)25-11-7-4-8-12-25/h3-19H,2,20H2,1H3/b31-19-. The molecule has 172 valence electrons. The average molecular weight is 536 g/mol. The molecule has 0 saturated carbocycles. The number of benzene rings is 4. The normalized spacial score (nSPS) is 10.9. The third-order valence-electron chi connectivity index (χ3n) is 4.98. The molecule has 0 amide bonds. The Hall–Kier alpha value is -3.28. The van der Waals surface area contributed by atoms with Crippen LogP contribution in [0.1, 0.15) is 18.1 Å². The highest BCUT2D eigenvalue weighted by Crippen LogP contribution is 2.34. The van der Waals surface area contributed by atoms with Crippen molar-refractivity contribution >= 4 is 45.1 Å². The summed E-state index contributed by atoms with van der Waals surface area (Å²) in [5.41, 5.74) is 3.83. The molecule has 0 aliphatic heterocycles. The molecule has 0 heterocycles. The molecule has 0 radical (unpaired) electrons. The number of rotatable bonds is 9. The molecule has 0 unspecified atom stereocenters. The lowest BCUT2D eigenvalue weighted by molar-refractivity contribution is 0.269. The molecule has 0 aliphatic rings. The number of hydrogen-bond donors (Lipinski definition) is 0. The van der Waals surface area contributed by atoms with Crippen LogP contribution in [0.4, 0.5) is 11.4 Å². The van der Waals surface area contributed by atoms with Crippen LogP contribution >= 0.6 is 27.5 Å². The molecular weight excluding hydrogens is 512 g/mol. The van der Waals surface area contributed by atoms with Gasteiger partial charge in [0.25, 0.3) is 0 Å². The average Bonchev–Trinajstić information content (AvgIpc) is 2.87. The van der Waals surface area contributed by atoms with Crippen molar-refractivity contribution in [1.82, 2.24) is 0 Å². The molecule has 0 aromatic heterocycles. The molecule has 0 atom stereocenters. The van der Waals surface area contributed by atoms with E-state index in [4.69, 9.17) is 26.2 Å². The Kier molecular flexibility index (Phi) is 8.23. The van der Waals surface area contributed by atoms with Crippen LogP contribution < -0.4 is 14.5 Å². The molecule has 4 aromatic rings. The summed E-state index contributed by atoms with van der Waals surface area (Å²) >= 11 is 9.65.